The van der Waals surface area contributed by atoms with E-state index < -0.39 is 0 Å². The van der Waals surface area contributed by atoms with Gasteiger partial charge >= 0.3 is 5.97 Å². The van der Waals surface area contributed by atoms with E-state index in [-0.39, 0.29) is 5.97 Å². The Bertz CT molecular complexity index is 204. The Morgan fingerprint density at radius 2 is 2.27 bits per heavy atom. The Labute approximate surface area is 67.2 Å². The van der Waals surface area contributed by atoms with E-state index in [1.54, 1.807) is 0 Å². The lowest BCUT2D eigenvalue weighted by molar-refractivity contribution is -0.136. The van der Waals surface area contributed by atoms with Gasteiger partial charge in [-0.1, -0.05) is 12.5 Å². The van der Waals surface area contributed by atoms with Crippen LogP contribution >= 0.6 is 0 Å². The van der Waals surface area contributed by atoms with E-state index in [9.17, 15) is 4.79 Å². The minimum atomic E-state index is -0.146. The van der Waals surface area contributed by atoms with Crippen molar-refractivity contribution in [3.8, 4) is 0 Å². The standard InChI is InChI=1S/C9H14O2/c1-6-4-5-7(2)8(6)9(10)11-3/h6H,4-5H2,1-3H3. The molecule has 0 aromatic heterocycles. The average molecular weight is 154 g/mol. The third-order valence-corrected chi connectivity index (χ3v) is 2.31. The molecule has 0 heterocycles. The van der Waals surface area contributed by atoms with Crippen molar-refractivity contribution >= 4 is 5.97 Å². The van der Waals surface area contributed by atoms with Gasteiger partial charge in [-0.15, -0.1) is 0 Å². The lowest BCUT2D eigenvalue weighted by atomic mass is 10.0. The van der Waals surface area contributed by atoms with Crippen LogP contribution in [0.3, 0.4) is 0 Å². The molecule has 2 heteroatoms. The maximum absolute atomic E-state index is 11.2. The van der Waals surface area contributed by atoms with E-state index in [1.807, 2.05) is 6.92 Å². The Hall–Kier alpha value is -0.790. The zero-order valence-corrected chi connectivity index (χ0v) is 7.31. The minimum Gasteiger partial charge on any atom is -0.466 e. The summed E-state index contributed by atoms with van der Waals surface area (Å²) in [4.78, 5) is 11.2. The number of methoxy groups -OCH3 is 1. The van der Waals surface area contributed by atoms with Gasteiger partial charge in [-0.05, 0) is 25.7 Å². The quantitative estimate of drug-likeness (QED) is 0.539. The zero-order valence-electron chi connectivity index (χ0n) is 7.31. The highest BCUT2D eigenvalue weighted by Crippen LogP contribution is 2.31. The number of carbonyl (C=O) groups is 1. The van der Waals surface area contributed by atoms with E-state index in [4.69, 9.17) is 0 Å². The average Bonchev–Trinajstić information content (AvgIpc) is 2.30. The van der Waals surface area contributed by atoms with Crippen molar-refractivity contribution in [3.63, 3.8) is 0 Å². The monoisotopic (exact) mass is 154 g/mol. The van der Waals surface area contributed by atoms with Crippen molar-refractivity contribution in [2.75, 3.05) is 7.11 Å². The van der Waals surface area contributed by atoms with Crippen molar-refractivity contribution in [2.24, 2.45) is 5.92 Å². The molecule has 1 rings (SSSR count). The Morgan fingerprint density at radius 1 is 1.64 bits per heavy atom. The van der Waals surface area contributed by atoms with Crippen LogP contribution in [0.2, 0.25) is 0 Å². The van der Waals surface area contributed by atoms with Gasteiger partial charge in [0.2, 0.25) is 0 Å². The van der Waals surface area contributed by atoms with Crippen LogP contribution in [0.5, 0.6) is 0 Å². The SMILES string of the molecule is COC(=O)C1=C(C)CCC1C. The van der Waals surface area contributed by atoms with Gasteiger partial charge in [0.25, 0.3) is 0 Å². The normalized spacial score (nSPS) is 24.1. The molecule has 0 saturated carbocycles. The molecule has 0 spiro atoms. The molecule has 2 nitrogen and oxygen atoms in total. The van der Waals surface area contributed by atoms with Crippen LogP contribution in [0, 0.1) is 5.92 Å². The van der Waals surface area contributed by atoms with Gasteiger partial charge in [0.15, 0.2) is 0 Å². The second-order valence-corrected chi connectivity index (χ2v) is 3.13. The number of ether oxygens (including phenoxy) is 1. The lowest BCUT2D eigenvalue weighted by Gasteiger charge is -2.06. The summed E-state index contributed by atoms with van der Waals surface area (Å²) in [6.45, 7) is 4.08. The number of rotatable bonds is 1. The molecule has 0 aromatic carbocycles. The molecule has 1 unspecified atom stereocenters. The summed E-state index contributed by atoms with van der Waals surface area (Å²) in [5, 5.41) is 0. The van der Waals surface area contributed by atoms with Crippen LogP contribution in [0.4, 0.5) is 0 Å². The fourth-order valence-corrected chi connectivity index (χ4v) is 1.62. The number of esters is 1. The predicted octanol–water partition coefficient (Wildman–Crippen LogP) is 1.91. The molecule has 0 saturated heterocycles. The maximum atomic E-state index is 11.2. The highest BCUT2D eigenvalue weighted by atomic mass is 16.5. The predicted molar refractivity (Wildman–Crippen MR) is 43.1 cm³/mol. The second kappa shape index (κ2) is 3.07. The molecule has 0 N–H and O–H groups in total. The first-order valence-electron chi connectivity index (χ1n) is 3.94. The summed E-state index contributed by atoms with van der Waals surface area (Å²) in [5.41, 5.74) is 2.09. The van der Waals surface area contributed by atoms with Crippen LogP contribution in [0.1, 0.15) is 26.7 Å². The topological polar surface area (TPSA) is 26.3 Å². The van der Waals surface area contributed by atoms with Gasteiger partial charge in [0.05, 0.1) is 7.11 Å². The lowest BCUT2D eigenvalue weighted by Crippen LogP contribution is -2.09. The Balaban J connectivity index is 2.83. The van der Waals surface area contributed by atoms with Crippen molar-refractivity contribution in [1.29, 1.82) is 0 Å². The number of carbonyl (C=O) groups excluding carboxylic acids is 1. The van der Waals surface area contributed by atoms with Gasteiger partial charge in [0, 0.05) is 5.57 Å². The molecule has 1 aliphatic rings. The zero-order chi connectivity index (χ0) is 8.43. The Kier molecular flexibility index (Phi) is 2.32. The first-order chi connectivity index (χ1) is 5.16. The molecule has 0 radical (unpaired) electrons. The van der Waals surface area contributed by atoms with Gasteiger partial charge < -0.3 is 4.74 Å². The van der Waals surface area contributed by atoms with Crippen LogP contribution in [-0.2, 0) is 9.53 Å². The first-order valence-corrected chi connectivity index (χ1v) is 3.94. The third-order valence-electron chi connectivity index (χ3n) is 2.31. The van der Waals surface area contributed by atoms with Gasteiger partial charge in [-0.2, -0.15) is 0 Å². The van der Waals surface area contributed by atoms with Crippen molar-refractivity contribution < 1.29 is 9.53 Å². The molecule has 62 valence electrons. The summed E-state index contributed by atoms with van der Waals surface area (Å²) < 4.78 is 4.68. The van der Waals surface area contributed by atoms with Gasteiger partial charge in [0.1, 0.15) is 0 Å². The molecular weight excluding hydrogens is 140 g/mol. The molecular formula is C9H14O2. The first kappa shape index (κ1) is 8.31. The van der Waals surface area contributed by atoms with E-state index >= 15 is 0 Å². The van der Waals surface area contributed by atoms with E-state index in [2.05, 4.69) is 11.7 Å². The highest BCUT2D eigenvalue weighted by molar-refractivity contribution is 5.90. The van der Waals surface area contributed by atoms with Crippen molar-refractivity contribution in [3.05, 3.63) is 11.1 Å². The van der Waals surface area contributed by atoms with Crippen molar-refractivity contribution in [1.82, 2.24) is 0 Å². The number of hydrogen-bond acceptors (Lipinski definition) is 2. The molecule has 11 heavy (non-hydrogen) atoms. The number of hydrogen-bond donors (Lipinski definition) is 0. The minimum absolute atomic E-state index is 0.146. The smallest absolute Gasteiger partial charge is 0.333 e. The van der Waals surface area contributed by atoms with E-state index in [0.717, 1.165) is 18.4 Å². The van der Waals surface area contributed by atoms with Gasteiger partial charge in [-0.25, -0.2) is 4.79 Å². The second-order valence-electron chi connectivity index (χ2n) is 3.13. The van der Waals surface area contributed by atoms with E-state index in [0.29, 0.717) is 5.92 Å². The molecule has 0 amide bonds. The summed E-state index contributed by atoms with van der Waals surface area (Å²) in [7, 11) is 1.44. The maximum Gasteiger partial charge on any atom is 0.333 e. The molecule has 0 aromatic rings. The highest BCUT2D eigenvalue weighted by Gasteiger charge is 2.25. The molecule has 0 bridgehead atoms. The van der Waals surface area contributed by atoms with Crippen LogP contribution in [0.15, 0.2) is 11.1 Å². The number of allylic oxidation sites excluding steroid dienone is 1. The van der Waals surface area contributed by atoms with Crippen LogP contribution in [0.25, 0.3) is 0 Å². The molecule has 1 atom stereocenters. The molecule has 1 aliphatic carbocycles. The van der Waals surface area contributed by atoms with Crippen LogP contribution in [-0.4, -0.2) is 13.1 Å². The summed E-state index contributed by atoms with van der Waals surface area (Å²) in [6.07, 6.45) is 2.14. The summed E-state index contributed by atoms with van der Waals surface area (Å²) >= 11 is 0. The summed E-state index contributed by atoms with van der Waals surface area (Å²) in [5.74, 6) is 0.245. The largest absolute Gasteiger partial charge is 0.466 e. The third kappa shape index (κ3) is 1.44. The fraction of sp³-hybridized carbons (Fsp3) is 0.667. The van der Waals surface area contributed by atoms with Crippen LogP contribution < -0.4 is 0 Å². The fourth-order valence-electron chi connectivity index (χ4n) is 1.62. The van der Waals surface area contributed by atoms with Gasteiger partial charge in [-0.3, -0.25) is 0 Å². The Morgan fingerprint density at radius 3 is 2.64 bits per heavy atom. The van der Waals surface area contributed by atoms with Crippen molar-refractivity contribution in [2.45, 2.75) is 26.7 Å². The molecule has 0 aliphatic heterocycles. The van der Waals surface area contributed by atoms with E-state index in [1.165, 1.54) is 12.7 Å². The summed E-state index contributed by atoms with van der Waals surface area (Å²) in [6, 6.07) is 0. The molecule has 0 fully saturated rings.